The largest absolute Gasteiger partial charge is 0.497 e. The van der Waals surface area contributed by atoms with Crippen molar-refractivity contribution in [3.05, 3.63) is 36.0 Å². The van der Waals surface area contributed by atoms with E-state index in [2.05, 4.69) is 16.8 Å². The van der Waals surface area contributed by atoms with Gasteiger partial charge in [0.25, 0.3) is 0 Å². The Balaban J connectivity index is 1.64. The van der Waals surface area contributed by atoms with Crippen LogP contribution in [-0.4, -0.2) is 64.3 Å². The van der Waals surface area contributed by atoms with Crippen LogP contribution in [0.5, 0.6) is 5.75 Å². The summed E-state index contributed by atoms with van der Waals surface area (Å²) >= 11 is 1.95. The van der Waals surface area contributed by atoms with Crippen LogP contribution in [0.3, 0.4) is 0 Å². The summed E-state index contributed by atoms with van der Waals surface area (Å²) in [4.78, 5) is 18.1. The van der Waals surface area contributed by atoms with Crippen LogP contribution in [0.2, 0.25) is 0 Å². The van der Waals surface area contributed by atoms with Gasteiger partial charge in [0.2, 0.25) is 0 Å². The summed E-state index contributed by atoms with van der Waals surface area (Å²) in [5.74, 6) is 3.10. The molecule has 0 aliphatic carbocycles. The van der Waals surface area contributed by atoms with Gasteiger partial charge in [0, 0.05) is 36.8 Å². The number of fused-ring (bicyclic) bond motifs is 1. The van der Waals surface area contributed by atoms with Crippen molar-refractivity contribution in [2.24, 2.45) is 11.8 Å². The number of benzene rings is 1. The lowest BCUT2D eigenvalue weighted by atomic mass is 9.79. The maximum absolute atomic E-state index is 11.2. The normalized spacial score (nSPS) is 20.3. The molecule has 6 nitrogen and oxygen atoms in total. The number of piperidine rings is 1. The fourth-order valence-electron chi connectivity index (χ4n) is 4.80. The van der Waals surface area contributed by atoms with Crippen molar-refractivity contribution in [2.45, 2.75) is 45.1 Å². The van der Waals surface area contributed by atoms with Crippen LogP contribution in [0.25, 0.3) is 10.9 Å². The van der Waals surface area contributed by atoms with Gasteiger partial charge in [-0.15, -0.1) is 0 Å². The molecule has 1 fully saturated rings. The van der Waals surface area contributed by atoms with Crippen molar-refractivity contribution >= 4 is 28.6 Å². The summed E-state index contributed by atoms with van der Waals surface area (Å²) in [6, 6.07) is 7.62. The molecule has 2 aromatic rings. The number of aliphatic hydroxyl groups is 1. The van der Waals surface area contributed by atoms with E-state index >= 15 is 0 Å². The Morgan fingerprint density at radius 2 is 2.16 bits per heavy atom. The van der Waals surface area contributed by atoms with Gasteiger partial charge in [-0.1, -0.05) is 6.92 Å². The zero-order valence-corrected chi connectivity index (χ0v) is 20.0. The lowest BCUT2D eigenvalue weighted by molar-refractivity contribution is -0.137. The molecule has 0 spiro atoms. The van der Waals surface area contributed by atoms with Gasteiger partial charge in [-0.3, -0.25) is 9.78 Å². The van der Waals surface area contributed by atoms with Crippen molar-refractivity contribution in [2.75, 3.05) is 38.2 Å². The van der Waals surface area contributed by atoms with Crippen LogP contribution in [0, 0.1) is 11.8 Å². The number of rotatable bonds is 12. The SMILES string of the molecule is CCSCCN1CCC(CC[C@H](O)c2ccnc3ccc(OC)cc23)C(CCC(=O)O)C1. The predicted octanol–water partition coefficient (Wildman–Crippen LogP) is 4.61. The van der Waals surface area contributed by atoms with Crippen LogP contribution in [0.15, 0.2) is 30.5 Å². The smallest absolute Gasteiger partial charge is 0.303 e. The van der Waals surface area contributed by atoms with E-state index in [-0.39, 0.29) is 6.42 Å². The molecule has 1 aromatic carbocycles. The summed E-state index contributed by atoms with van der Waals surface area (Å²) in [5.41, 5.74) is 1.73. The summed E-state index contributed by atoms with van der Waals surface area (Å²) < 4.78 is 5.35. The average molecular weight is 461 g/mol. The van der Waals surface area contributed by atoms with Gasteiger partial charge in [-0.05, 0) is 79.6 Å². The number of ether oxygens (including phenoxy) is 1. The first-order valence-electron chi connectivity index (χ1n) is 11.6. The van der Waals surface area contributed by atoms with Gasteiger partial charge < -0.3 is 19.8 Å². The molecule has 1 aliphatic heterocycles. The second-order valence-corrected chi connectivity index (χ2v) is 10.0. The molecule has 0 bridgehead atoms. The van der Waals surface area contributed by atoms with Gasteiger partial charge in [0.05, 0.1) is 18.7 Å². The predicted molar refractivity (Wildman–Crippen MR) is 130 cm³/mol. The molecule has 0 radical (unpaired) electrons. The third-order valence-electron chi connectivity index (χ3n) is 6.61. The second-order valence-electron chi connectivity index (χ2n) is 8.62. The number of aliphatic hydroxyl groups excluding tert-OH is 1. The van der Waals surface area contributed by atoms with Crippen molar-refractivity contribution in [1.29, 1.82) is 0 Å². The van der Waals surface area contributed by atoms with E-state index in [0.29, 0.717) is 24.7 Å². The average Bonchev–Trinajstić information content (AvgIpc) is 2.81. The number of carboxylic acid groups (broad SMARTS) is 1. The van der Waals surface area contributed by atoms with Crippen molar-refractivity contribution in [3.8, 4) is 5.75 Å². The van der Waals surface area contributed by atoms with Gasteiger partial charge in [0.1, 0.15) is 5.75 Å². The molecule has 1 aromatic heterocycles. The molecule has 3 rings (SSSR count). The van der Waals surface area contributed by atoms with E-state index in [1.807, 2.05) is 36.0 Å². The van der Waals surface area contributed by atoms with Gasteiger partial charge >= 0.3 is 5.97 Å². The maximum Gasteiger partial charge on any atom is 0.303 e. The third kappa shape index (κ3) is 6.83. The van der Waals surface area contributed by atoms with Crippen LogP contribution in [0.4, 0.5) is 0 Å². The summed E-state index contributed by atoms with van der Waals surface area (Å²) in [5, 5.41) is 21.2. The second kappa shape index (κ2) is 12.4. The number of pyridine rings is 1. The molecule has 0 amide bonds. The minimum atomic E-state index is -0.723. The molecule has 2 heterocycles. The number of methoxy groups -OCH3 is 1. The maximum atomic E-state index is 11.2. The highest BCUT2D eigenvalue weighted by molar-refractivity contribution is 7.99. The number of carbonyl (C=O) groups is 1. The van der Waals surface area contributed by atoms with E-state index in [9.17, 15) is 15.0 Å². The van der Waals surface area contributed by atoms with Crippen LogP contribution >= 0.6 is 11.8 Å². The van der Waals surface area contributed by atoms with Crippen molar-refractivity contribution in [3.63, 3.8) is 0 Å². The highest BCUT2D eigenvalue weighted by atomic mass is 32.2. The fourth-order valence-corrected chi connectivity index (χ4v) is 5.48. The number of carboxylic acids is 1. The zero-order valence-electron chi connectivity index (χ0n) is 19.2. The molecule has 2 N–H and O–H groups in total. The summed E-state index contributed by atoms with van der Waals surface area (Å²) in [6.07, 6.45) is 4.73. The first kappa shape index (κ1) is 24.8. The number of nitrogens with zero attached hydrogens (tertiary/aromatic N) is 2. The Morgan fingerprint density at radius 1 is 1.31 bits per heavy atom. The van der Waals surface area contributed by atoms with Gasteiger partial charge in [-0.2, -0.15) is 11.8 Å². The number of aliphatic carboxylic acids is 1. The number of likely N-dealkylation sites (tertiary alicyclic amines) is 1. The topological polar surface area (TPSA) is 82.9 Å². The number of thioether (sulfide) groups is 1. The Bertz CT molecular complexity index is 878. The molecule has 176 valence electrons. The van der Waals surface area contributed by atoms with E-state index in [0.717, 1.165) is 66.2 Å². The standard InChI is InChI=1S/C25H36N2O4S/c1-3-32-15-14-27-13-11-18(19(17-27)5-9-25(29)30)4-8-24(28)21-10-12-26-23-7-6-20(31-2)16-22(21)23/h6-7,10,12,16,18-19,24,28H,3-5,8-9,11,13-15,17H2,1-2H3,(H,29,30)/t18?,19?,24-/m0/s1. The Hall–Kier alpha value is -1.83. The van der Waals surface area contributed by atoms with Crippen LogP contribution in [-0.2, 0) is 4.79 Å². The molecular formula is C25H36N2O4S. The lowest BCUT2D eigenvalue weighted by Crippen LogP contribution is -2.41. The Kier molecular flexibility index (Phi) is 9.63. The zero-order chi connectivity index (χ0) is 22.9. The van der Waals surface area contributed by atoms with Gasteiger partial charge in [-0.25, -0.2) is 0 Å². The third-order valence-corrected chi connectivity index (χ3v) is 7.49. The summed E-state index contributed by atoms with van der Waals surface area (Å²) in [7, 11) is 1.64. The Morgan fingerprint density at radius 3 is 2.91 bits per heavy atom. The quantitative estimate of drug-likeness (QED) is 0.448. The summed E-state index contributed by atoms with van der Waals surface area (Å²) in [6.45, 7) is 5.28. The first-order chi connectivity index (χ1) is 15.5. The van der Waals surface area contributed by atoms with E-state index in [1.165, 1.54) is 0 Å². The molecule has 32 heavy (non-hydrogen) atoms. The lowest BCUT2D eigenvalue weighted by Gasteiger charge is -2.39. The van der Waals surface area contributed by atoms with E-state index in [1.54, 1.807) is 13.3 Å². The van der Waals surface area contributed by atoms with Crippen molar-refractivity contribution in [1.82, 2.24) is 9.88 Å². The number of hydrogen-bond acceptors (Lipinski definition) is 6. The minimum absolute atomic E-state index is 0.218. The van der Waals surface area contributed by atoms with Crippen molar-refractivity contribution < 1.29 is 19.7 Å². The number of aromatic nitrogens is 1. The minimum Gasteiger partial charge on any atom is -0.497 e. The molecule has 1 saturated heterocycles. The molecule has 1 aliphatic rings. The van der Waals surface area contributed by atoms with Crippen LogP contribution < -0.4 is 4.74 Å². The molecular weight excluding hydrogens is 424 g/mol. The van der Waals surface area contributed by atoms with E-state index < -0.39 is 12.1 Å². The fraction of sp³-hybridized carbons (Fsp3) is 0.600. The molecule has 2 unspecified atom stereocenters. The first-order valence-corrected chi connectivity index (χ1v) is 12.8. The van der Waals surface area contributed by atoms with E-state index in [4.69, 9.17) is 4.74 Å². The Labute approximate surface area is 195 Å². The molecule has 7 heteroatoms. The number of hydrogen-bond donors (Lipinski definition) is 2. The molecule has 0 saturated carbocycles. The molecule has 3 atom stereocenters. The highest BCUT2D eigenvalue weighted by Crippen LogP contribution is 2.35. The van der Waals surface area contributed by atoms with Gasteiger partial charge in [0.15, 0.2) is 0 Å². The monoisotopic (exact) mass is 460 g/mol. The highest BCUT2D eigenvalue weighted by Gasteiger charge is 2.30. The van der Waals surface area contributed by atoms with Crippen LogP contribution in [0.1, 0.15) is 50.7 Å².